The number of anilines is 1. The summed E-state index contributed by atoms with van der Waals surface area (Å²) in [7, 11) is 3.98. The number of carbonyl (C=O) groups is 1. The van der Waals surface area contributed by atoms with Crippen molar-refractivity contribution in [1.82, 2.24) is 20.2 Å². The summed E-state index contributed by atoms with van der Waals surface area (Å²) < 4.78 is 12.8. The van der Waals surface area contributed by atoms with E-state index in [2.05, 4.69) is 25.5 Å². The van der Waals surface area contributed by atoms with Crippen LogP contribution < -0.4 is 10.6 Å². The minimum atomic E-state index is -0.318. The zero-order valence-electron chi connectivity index (χ0n) is 13.2. The van der Waals surface area contributed by atoms with Gasteiger partial charge in [0, 0.05) is 19.6 Å². The highest BCUT2D eigenvalue weighted by Crippen LogP contribution is 2.04. The van der Waals surface area contributed by atoms with E-state index in [1.54, 1.807) is 12.1 Å². The van der Waals surface area contributed by atoms with E-state index in [0.717, 1.165) is 18.7 Å². The second-order valence-electron chi connectivity index (χ2n) is 5.33. The molecule has 6 nitrogen and oxygen atoms in total. The first-order valence-electron chi connectivity index (χ1n) is 7.28. The Morgan fingerprint density at radius 1 is 1.17 bits per heavy atom. The van der Waals surface area contributed by atoms with Crippen LogP contribution in [0.2, 0.25) is 0 Å². The summed E-state index contributed by atoms with van der Waals surface area (Å²) in [6.45, 7) is 1.93. The first kappa shape index (κ1) is 16.8. The molecule has 0 aliphatic heterocycles. The standard InChI is InChI=1S/C16H20FN5O/c1-22(2)8-7-18-15-11-19-14(10-20-15)16(23)21-9-12-3-5-13(17)6-4-12/h3-6,10-11H,7-9H2,1-2H3,(H,18,20)(H,21,23). The maximum atomic E-state index is 12.8. The predicted molar refractivity (Wildman–Crippen MR) is 86.6 cm³/mol. The van der Waals surface area contributed by atoms with Gasteiger partial charge in [0.15, 0.2) is 0 Å². The molecule has 0 aliphatic rings. The fourth-order valence-electron chi connectivity index (χ4n) is 1.82. The van der Waals surface area contributed by atoms with Gasteiger partial charge in [-0.05, 0) is 31.8 Å². The van der Waals surface area contributed by atoms with Crippen LogP contribution in [-0.4, -0.2) is 48.0 Å². The average Bonchev–Trinajstić information content (AvgIpc) is 2.54. The van der Waals surface area contributed by atoms with Gasteiger partial charge in [-0.15, -0.1) is 0 Å². The van der Waals surface area contributed by atoms with E-state index in [4.69, 9.17) is 0 Å². The van der Waals surface area contributed by atoms with Gasteiger partial charge in [-0.25, -0.2) is 14.4 Å². The third kappa shape index (κ3) is 5.63. The lowest BCUT2D eigenvalue weighted by Gasteiger charge is -2.10. The van der Waals surface area contributed by atoms with E-state index in [1.807, 2.05) is 14.1 Å². The molecular formula is C16H20FN5O. The number of carbonyl (C=O) groups excluding carboxylic acids is 1. The molecule has 0 atom stereocenters. The molecule has 2 N–H and O–H groups in total. The van der Waals surface area contributed by atoms with Gasteiger partial charge in [0.25, 0.3) is 5.91 Å². The van der Waals surface area contributed by atoms with Gasteiger partial charge >= 0.3 is 0 Å². The third-order valence-electron chi connectivity index (χ3n) is 3.12. The summed E-state index contributed by atoms with van der Waals surface area (Å²) in [5, 5.41) is 5.84. The molecule has 2 rings (SSSR count). The summed E-state index contributed by atoms with van der Waals surface area (Å²) in [5.41, 5.74) is 1.06. The second kappa shape index (κ2) is 8.19. The van der Waals surface area contributed by atoms with Crippen molar-refractivity contribution in [3.05, 3.63) is 53.7 Å². The fraction of sp³-hybridized carbons (Fsp3) is 0.312. The molecule has 0 aliphatic carbocycles. The van der Waals surface area contributed by atoms with Crippen LogP contribution in [0.5, 0.6) is 0 Å². The molecule has 122 valence electrons. The monoisotopic (exact) mass is 317 g/mol. The molecule has 0 spiro atoms. The largest absolute Gasteiger partial charge is 0.368 e. The highest BCUT2D eigenvalue weighted by Gasteiger charge is 2.07. The molecule has 0 fully saturated rings. The number of hydrogen-bond acceptors (Lipinski definition) is 5. The minimum Gasteiger partial charge on any atom is -0.368 e. The number of nitrogens with one attached hydrogen (secondary N) is 2. The Balaban J connectivity index is 1.83. The summed E-state index contributed by atoms with van der Waals surface area (Å²) in [6.07, 6.45) is 2.96. The number of amides is 1. The zero-order valence-corrected chi connectivity index (χ0v) is 13.2. The molecule has 0 radical (unpaired) electrons. The van der Waals surface area contributed by atoms with Crippen LogP contribution in [0.4, 0.5) is 10.2 Å². The molecule has 1 aromatic heterocycles. The molecule has 23 heavy (non-hydrogen) atoms. The summed E-state index contributed by atoms with van der Waals surface area (Å²) >= 11 is 0. The van der Waals surface area contributed by atoms with Crippen LogP contribution in [0.1, 0.15) is 16.1 Å². The van der Waals surface area contributed by atoms with E-state index < -0.39 is 0 Å². The van der Waals surface area contributed by atoms with E-state index in [1.165, 1.54) is 24.5 Å². The van der Waals surface area contributed by atoms with Gasteiger partial charge in [-0.3, -0.25) is 4.79 Å². The molecule has 0 unspecified atom stereocenters. The topological polar surface area (TPSA) is 70.2 Å². The quantitative estimate of drug-likeness (QED) is 0.810. The lowest BCUT2D eigenvalue weighted by Crippen LogP contribution is -2.24. The number of nitrogens with zero attached hydrogens (tertiary/aromatic N) is 3. The molecule has 0 bridgehead atoms. The fourth-order valence-corrected chi connectivity index (χ4v) is 1.82. The number of benzene rings is 1. The normalized spacial score (nSPS) is 10.6. The highest BCUT2D eigenvalue weighted by molar-refractivity contribution is 5.91. The number of aromatic nitrogens is 2. The number of rotatable bonds is 7. The van der Waals surface area contributed by atoms with E-state index >= 15 is 0 Å². The zero-order chi connectivity index (χ0) is 16.7. The van der Waals surface area contributed by atoms with Gasteiger partial charge in [0.2, 0.25) is 0 Å². The van der Waals surface area contributed by atoms with Crippen molar-refractivity contribution in [2.24, 2.45) is 0 Å². The maximum Gasteiger partial charge on any atom is 0.271 e. The third-order valence-corrected chi connectivity index (χ3v) is 3.12. The molecule has 2 aromatic rings. The molecule has 0 saturated carbocycles. The Labute approximate surface area is 134 Å². The van der Waals surface area contributed by atoms with E-state index in [-0.39, 0.29) is 17.4 Å². The lowest BCUT2D eigenvalue weighted by molar-refractivity contribution is 0.0945. The number of likely N-dealkylation sites (N-methyl/N-ethyl adjacent to an activating group) is 1. The van der Waals surface area contributed by atoms with Gasteiger partial charge < -0.3 is 15.5 Å². The smallest absolute Gasteiger partial charge is 0.271 e. The predicted octanol–water partition coefficient (Wildman–Crippen LogP) is 1.52. The molecular weight excluding hydrogens is 297 g/mol. The van der Waals surface area contributed by atoms with Gasteiger partial charge in [0.05, 0.1) is 12.4 Å². The first-order chi connectivity index (χ1) is 11.0. The van der Waals surface area contributed by atoms with Crippen LogP contribution in [0, 0.1) is 5.82 Å². The Morgan fingerprint density at radius 3 is 2.52 bits per heavy atom. The highest BCUT2D eigenvalue weighted by atomic mass is 19.1. The van der Waals surface area contributed by atoms with Crippen molar-refractivity contribution in [2.75, 3.05) is 32.5 Å². The van der Waals surface area contributed by atoms with Crippen molar-refractivity contribution in [2.45, 2.75) is 6.54 Å². The van der Waals surface area contributed by atoms with Crippen molar-refractivity contribution in [3.63, 3.8) is 0 Å². The maximum absolute atomic E-state index is 12.8. The first-order valence-corrected chi connectivity index (χ1v) is 7.28. The Bertz CT molecular complexity index is 628. The van der Waals surface area contributed by atoms with Crippen molar-refractivity contribution >= 4 is 11.7 Å². The van der Waals surface area contributed by atoms with Crippen molar-refractivity contribution in [3.8, 4) is 0 Å². The summed E-state index contributed by atoms with van der Waals surface area (Å²) in [6, 6.07) is 5.96. The molecule has 1 aromatic carbocycles. The molecule has 0 saturated heterocycles. The Kier molecular flexibility index (Phi) is 5.99. The minimum absolute atomic E-state index is 0.241. The van der Waals surface area contributed by atoms with Crippen LogP contribution in [-0.2, 0) is 6.54 Å². The molecule has 1 heterocycles. The lowest BCUT2D eigenvalue weighted by atomic mass is 10.2. The Morgan fingerprint density at radius 2 is 1.91 bits per heavy atom. The molecule has 1 amide bonds. The number of hydrogen-bond donors (Lipinski definition) is 2. The van der Waals surface area contributed by atoms with E-state index in [0.29, 0.717) is 12.4 Å². The van der Waals surface area contributed by atoms with E-state index in [9.17, 15) is 9.18 Å². The van der Waals surface area contributed by atoms with Crippen molar-refractivity contribution in [1.29, 1.82) is 0 Å². The SMILES string of the molecule is CN(C)CCNc1cnc(C(=O)NCc2ccc(F)cc2)cn1. The van der Waals surface area contributed by atoms with Crippen LogP contribution in [0.25, 0.3) is 0 Å². The summed E-state index contributed by atoms with van der Waals surface area (Å²) in [5.74, 6) is 0.00639. The summed E-state index contributed by atoms with van der Waals surface area (Å²) in [4.78, 5) is 22.3. The molecule has 7 heteroatoms. The van der Waals surface area contributed by atoms with Gasteiger partial charge in [0.1, 0.15) is 17.3 Å². The number of halogens is 1. The van der Waals surface area contributed by atoms with Crippen molar-refractivity contribution < 1.29 is 9.18 Å². The van der Waals surface area contributed by atoms with Gasteiger partial charge in [-0.2, -0.15) is 0 Å². The van der Waals surface area contributed by atoms with Gasteiger partial charge in [-0.1, -0.05) is 12.1 Å². The van der Waals surface area contributed by atoms with Crippen LogP contribution >= 0.6 is 0 Å². The Hall–Kier alpha value is -2.54. The van der Waals surface area contributed by atoms with Crippen LogP contribution in [0.3, 0.4) is 0 Å². The second-order valence-corrected chi connectivity index (χ2v) is 5.33. The average molecular weight is 317 g/mol. The van der Waals surface area contributed by atoms with Crippen LogP contribution in [0.15, 0.2) is 36.7 Å².